The Morgan fingerprint density at radius 3 is 2.68 bits per heavy atom. The Morgan fingerprint density at radius 1 is 1.24 bits per heavy atom. The van der Waals surface area contributed by atoms with Crippen LogP contribution in [0.4, 0.5) is 0 Å². The zero-order valence-electron chi connectivity index (χ0n) is 13.9. The molecule has 1 aromatic carbocycles. The second-order valence-corrected chi connectivity index (χ2v) is 7.08. The highest BCUT2D eigenvalue weighted by Crippen LogP contribution is 2.37. The van der Waals surface area contributed by atoms with Crippen molar-refractivity contribution in [2.45, 2.75) is 50.0 Å². The van der Waals surface area contributed by atoms with Gasteiger partial charge in [-0.05, 0) is 37.3 Å². The largest absolute Gasteiger partial charge is 0.535 e. The van der Waals surface area contributed by atoms with Crippen LogP contribution < -0.4 is 16.1 Å². The molecule has 1 heterocycles. The van der Waals surface area contributed by atoms with E-state index in [0.717, 1.165) is 12.8 Å². The summed E-state index contributed by atoms with van der Waals surface area (Å²) in [7, 11) is -1.20. The minimum atomic E-state index is -1.20. The van der Waals surface area contributed by atoms with Gasteiger partial charge in [0.05, 0.1) is 5.56 Å². The van der Waals surface area contributed by atoms with Crippen molar-refractivity contribution in [1.29, 1.82) is 0 Å². The van der Waals surface area contributed by atoms with Crippen LogP contribution in [0.5, 0.6) is 5.75 Å². The van der Waals surface area contributed by atoms with Crippen LogP contribution in [0.3, 0.4) is 0 Å². The average molecular weight is 346 g/mol. The monoisotopic (exact) mass is 346 g/mol. The standard InChI is InChI=1S/C17H23BN2O5/c19-13-5-4-9(7-14(13)20)15(21)8-11-6-10-2-1-3-12(17(22)23)16(10)25-18(11)24/h1-3,9,11,13-14,24H,4-8,19-20H2,(H,22,23)/t9-,11-,13-,14-/m1/s1. The summed E-state index contributed by atoms with van der Waals surface area (Å²) in [5.74, 6) is -1.37. The Labute approximate surface area is 146 Å². The molecule has 0 aromatic heterocycles. The summed E-state index contributed by atoms with van der Waals surface area (Å²) in [6, 6.07) is 4.61. The molecule has 1 fully saturated rings. The van der Waals surface area contributed by atoms with E-state index in [2.05, 4.69) is 0 Å². The first-order valence-corrected chi connectivity index (χ1v) is 8.60. The Kier molecular flexibility index (Phi) is 5.12. The van der Waals surface area contributed by atoms with E-state index in [0.29, 0.717) is 18.4 Å². The van der Waals surface area contributed by atoms with Crippen molar-refractivity contribution in [3.05, 3.63) is 29.3 Å². The van der Waals surface area contributed by atoms with Crippen molar-refractivity contribution in [3.8, 4) is 5.75 Å². The summed E-state index contributed by atoms with van der Waals surface area (Å²) in [5.41, 5.74) is 12.6. The minimum absolute atomic E-state index is 0.0218. The Hall–Kier alpha value is -1.90. The number of carboxylic acid groups (broad SMARTS) is 1. The van der Waals surface area contributed by atoms with Gasteiger partial charge in [-0.25, -0.2) is 4.79 Å². The molecule has 0 unspecified atom stereocenters. The van der Waals surface area contributed by atoms with E-state index in [4.69, 9.17) is 16.1 Å². The molecule has 134 valence electrons. The number of carbonyl (C=O) groups is 2. The van der Waals surface area contributed by atoms with Crippen LogP contribution in [0.1, 0.15) is 41.6 Å². The molecule has 0 spiro atoms. The molecular formula is C17H23BN2O5. The number of benzene rings is 1. The number of carboxylic acids is 1. The predicted octanol–water partition coefficient (Wildman–Crippen LogP) is 0.584. The van der Waals surface area contributed by atoms with Crippen molar-refractivity contribution in [1.82, 2.24) is 0 Å². The van der Waals surface area contributed by atoms with E-state index >= 15 is 0 Å². The van der Waals surface area contributed by atoms with Crippen molar-refractivity contribution in [2.75, 3.05) is 0 Å². The van der Waals surface area contributed by atoms with Crippen molar-refractivity contribution < 1.29 is 24.4 Å². The lowest BCUT2D eigenvalue weighted by Crippen LogP contribution is -2.47. The van der Waals surface area contributed by atoms with Gasteiger partial charge in [0, 0.05) is 30.2 Å². The maximum atomic E-state index is 12.6. The Morgan fingerprint density at radius 2 is 2.00 bits per heavy atom. The van der Waals surface area contributed by atoms with Crippen LogP contribution in [0, 0.1) is 5.92 Å². The van der Waals surface area contributed by atoms with E-state index in [1.807, 2.05) is 0 Å². The summed E-state index contributed by atoms with van der Waals surface area (Å²) in [4.78, 5) is 23.9. The molecule has 0 saturated heterocycles. The SMILES string of the molecule is N[C@@H]1CC[C@@H](C(=O)C[C@H]2Cc3cccc(C(=O)O)c3OB2O)C[C@H]1N. The Balaban J connectivity index is 1.69. The fourth-order valence-electron chi connectivity index (χ4n) is 3.77. The predicted molar refractivity (Wildman–Crippen MR) is 92.4 cm³/mol. The van der Waals surface area contributed by atoms with Crippen molar-refractivity contribution in [3.63, 3.8) is 0 Å². The van der Waals surface area contributed by atoms with E-state index in [-0.39, 0.29) is 41.5 Å². The molecule has 8 heteroatoms. The molecule has 6 N–H and O–H groups in total. The van der Waals surface area contributed by atoms with Crippen LogP contribution >= 0.6 is 0 Å². The number of fused-ring (bicyclic) bond motifs is 1. The molecule has 1 aliphatic carbocycles. The van der Waals surface area contributed by atoms with Gasteiger partial charge < -0.3 is 26.3 Å². The lowest BCUT2D eigenvalue weighted by atomic mass is 9.63. The molecule has 2 aliphatic rings. The maximum Gasteiger partial charge on any atom is 0.526 e. The van der Waals surface area contributed by atoms with Crippen LogP contribution in [-0.2, 0) is 11.2 Å². The van der Waals surface area contributed by atoms with Crippen molar-refractivity contribution >= 4 is 18.9 Å². The third-order valence-corrected chi connectivity index (χ3v) is 5.32. The topological polar surface area (TPSA) is 136 Å². The number of ketones is 1. The molecule has 25 heavy (non-hydrogen) atoms. The van der Waals surface area contributed by atoms with Gasteiger partial charge in [-0.2, -0.15) is 0 Å². The second kappa shape index (κ2) is 7.15. The molecule has 0 radical (unpaired) electrons. The van der Waals surface area contributed by atoms with Gasteiger partial charge >= 0.3 is 13.1 Å². The molecule has 0 amide bonds. The van der Waals surface area contributed by atoms with Gasteiger partial charge in [0.15, 0.2) is 0 Å². The van der Waals surface area contributed by atoms with Crippen molar-refractivity contribution in [2.24, 2.45) is 17.4 Å². The zero-order chi connectivity index (χ0) is 18.1. The Bertz CT molecular complexity index is 683. The number of Topliss-reactive ketones (excluding diaryl/α,β-unsaturated/α-hetero) is 1. The fourth-order valence-corrected chi connectivity index (χ4v) is 3.77. The fraction of sp³-hybridized carbons (Fsp3) is 0.529. The summed E-state index contributed by atoms with van der Waals surface area (Å²) >= 11 is 0. The second-order valence-electron chi connectivity index (χ2n) is 7.08. The van der Waals surface area contributed by atoms with E-state index in [1.54, 1.807) is 12.1 Å². The van der Waals surface area contributed by atoms with E-state index < -0.39 is 18.9 Å². The number of aromatic carboxylic acids is 1. The summed E-state index contributed by atoms with van der Waals surface area (Å²) in [6.45, 7) is 0. The number of hydrogen-bond donors (Lipinski definition) is 4. The highest BCUT2D eigenvalue weighted by atomic mass is 16.5. The first-order chi connectivity index (χ1) is 11.9. The maximum absolute atomic E-state index is 12.6. The summed E-state index contributed by atoms with van der Waals surface area (Å²) in [6.07, 6.45) is 2.61. The molecule has 1 aliphatic heterocycles. The zero-order valence-corrected chi connectivity index (χ0v) is 13.9. The first-order valence-electron chi connectivity index (χ1n) is 8.60. The van der Waals surface area contributed by atoms with Gasteiger partial charge in [-0.15, -0.1) is 0 Å². The lowest BCUT2D eigenvalue weighted by molar-refractivity contribution is -0.124. The van der Waals surface area contributed by atoms with Crippen LogP contribution in [0.25, 0.3) is 0 Å². The minimum Gasteiger partial charge on any atom is -0.535 e. The molecule has 1 saturated carbocycles. The molecule has 0 bridgehead atoms. The third-order valence-electron chi connectivity index (χ3n) is 5.32. The van der Waals surface area contributed by atoms with Gasteiger partial charge in [0.2, 0.25) is 0 Å². The van der Waals surface area contributed by atoms with Gasteiger partial charge in [0.25, 0.3) is 0 Å². The highest BCUT2D eigenvalue weighted by molar-refractivity contribution is 6.47. The number of carbonyl (C=O) groups excluding carboxylic acids is 1. The van der Waals surface area contributed by atoms with E-state index in [1.165, 1.54) is 6.07 Å². The quantitative estimate of drug-likeness (QED) is 0.586. The van der Waals surface area contributed by atoms with E-state index in [9.17, 15) is 19.7 Å². The molecular weight excluding hydrogens is 323 g/mol. The van der Waals surface area contributed by atoms with Crippen LogP contribution in [-0.4, -0.2) is 41.1 Å². The van der Waals surface area contributed by atoms with Crippen LogP contribution in [0.15, 0.2) is 18.2 Å². The number of hydrogen-bond acceptors (Lipinski definition) is 6. The first kappa shape index (κ1) is 17.9. The molecule has 4 atom stereocenters. The summed E-state index contributed by atoms with van der Waals surface area (Å²) in [5, 5.41) is 19.5. The highest BCUT2D eigenvalue weighted by Gasteiger charge is 2.39. The number of rotatable bonds is 4. The number of nitrogens with two attached hydrogens (primary N) is 2. The molecule has 7 nitrogen and oxygen atoms in total. The molecule has 1 aromatic rings. The van der Waals surface area contributed by atoms with Gasteiger partial charge in [0.1, 0.15) is 11.5 Å². The number of para-hydroxylation sites is 1. The third kappa shape index (κ3) is 3.71. The average Bonchev–Trinajstić information content (AvgIpc) is 2.57. The summed E-state index contributed by atoms with van der Waals surface area (Å²) < 4.78 is 5.44. The lowest BCUT2D eigenvalue weighted by Gasteiger charge is -2.32. The smallest absolute Gasteiger partial charge is 0.526 e. The van der Waals surface area contributed by atoms with Gasteiger partial charge in [-0.1, -0.05) is 12.1 Å². The normalized spacial score (nSPS) is 28.8. The van der Waals surface area contributed by atoms with Crippen LogP contribution in [0.2, 0.25) is 5.82 Å². The van der Waals surface area contributed by atoms with Gasteiger partial charge in [-0.3, -0.25) is 4.79 Å². The molecule has 3 rings (SSSR count).